The van der Waals surface area contributed by atoms with E-state index in [1.165, 1.54) is 6.07 Å². The van der Waals surface area contributed by atoms with E-state index >= 15 is 0 Å². The first kappa shape index (κ1) is 18.9. The fraction of sp³-hybridized carbons (Fsp3) is 0.182. The molecule has 0 bridgehead atoms. The van der Waals surface area contributed by atoms with Crippen molar-refractivity contribution in [3.63, 3.8) is 0 Å². The summed E-state index contributed by atoms with van der Waals surface area (Å²) < 4.78 is 1.97. The number of rotatable bonds is 4. The lowest BCUT2D eigenvalue weighted by Gasteiger charge is -2.18. The van der Waals surface area contributed by atoms with Crippen molar-refractivity contribution in [3.8, 4) is 0 Å². The van der Waals surface area contributed by atoms with Crippen molar-refractivity contribution in [2.24, 2.45) is 0 Å². The molecule has 3 aromatic rings. The molecule has 0 saturated heterocycles. The van der Waals surface area contributed by atoms with Crippen LogP contribution < -0.4 is 10.7 Å². The van der Waals surface area contributed by atoms with Gasteiger partial charge in [0.25, 0.3) is 5.91 Å². The molecule has 1 aromatic heterocycles. The molecule has 4 nitrogen and oxygen atoms in total. The number of nitrogens with zero attached hydrogens (tertiary/aromatic N) is 1. The molecule has 0 aliphatic rings. The number of amides is 1. The Kier molecular flexibility index (Phi) is 5.47. The minimum absolute atomic E-state index is 0.163. The maximum atomic E-state index is 12.8. The second-order valence-corrected chi connectivity index (χ2v) is 7.08. The van der Waals surface area contributed by atoms with Crippen LogP contribution in [0.2, 0.25) is 5.02 Å². The molecule has 1 amide bonds. The van der Waals surface area contributed by atoms with E-state index in [2.05, 4.69) is 5.32 Å². The molecule has 0 spiro atoms. The molecule has 0 radical (unpaired) electrons. The third kappa shape index (κ3) is 4.29. The molecule has 0 fully saturated rings. The SMILES string of the molecule is Cc1cccc(NC(=O)c2c(C)n(Cc3ccc(Cl)cc3)c(C)cc2=O)c1. The van der Waals surface area contributed by atoms with E-state index < -0.39 is 5.91 Å². The van der Waals surface area contributed by atoms with E-state index in [1.54, 1.807) is 13.0 Å². The highest BCUT2D eigenvalue weighted by molar-refractivity contribution is 6.30. The Bertz CT molecular complexity index is 1050. The van der Waals surface area contributed by atoms with Crippen LogP contribution in [0, 0.1) is 20.8 Å². The summed E-state index contributed by atoms with van der Waals surface area (Å²) in [6.07, 6.45) is 0. The van der Waals surface area contributed by atoms with Gasteiger partial charge in [-0.25, -0.2) is 0 Å². The molecular weight excluding hydrogens is 360 g/mol. The summed E-state index contributed by atoms with van der Waals surface area (Å²) in [4.78, 5) is 25.3. The van der Waals surface area contributed by atoms with Gasteiger partial charge in [0, 0.05) is 34.7 Å². The zero-order valence-electron chi connectivity index (χ0n) is 15.5. The number of hydrogen-bond donors (Lipinski definition) is 1. The largest absolute Gasteiger partial charge is 0.344 e. The van der Waals surface area contributed by atoms with Gasteiger partial charge >= 0.3 is 0 Å². The van der Waals surface area contributed by atoms with Gasteiger partial charge in [0.05, 0.1) is 0 Å². The Morgan fingerprint density at radius 1 is 1.04 bits per heavy atom. The lowest BCUT2D eigenvalue weighted by molar-refractivity contribution is 0.102. The molecule has 0 aliphatic carbocycles. The second kappa shape index (κ2) is 7.80. The van der Waals surface area contributed by atoms with E-state index in [-0.39, 0.29) is 11.0 Å². The van der Waals surface area contributed by atoms with Gasteiger partial charge in [-0.1, -0.05) is 35.9 Å². The van der Waals surface area contributed by atoms with E-state index in [4.69, 9.17) is 11.6 Å². The van der Waals surface area contributed by atoms with Crippen LogP contribution >= 0.6 is 11.6 Å². The van der Waals surface area contributed by atoms with Gasteiger partial charge in [0.1, 0.15) is 5.56 Å². The summed E-state index contributed by atoms with van der Waals surface area (Å²) in [5.41, 5.74) is 4.08. The van der Waals surface area contributed by atoms with Crippen LogP contribution in [-0.4, -0.2) is 10.5 Å². The zero-order chi connectivity index (χ0) is 19.6. The summed E-state index contributed by atoms with van der Waals surface area (Å²) in [6, 6.07) is 16.5. The third-order valence-electron chi connectivity index (χ3n) is 4.54. The molecule has 5 heteroatoms. The predicted molar refractivity (Wildman–Crippen MR) is 110 cm³/mol. The zero-order valence-corrected chi connectivity index (χ0v) is 16.3. The van der Waals surface area contributed by atoms with Gasteiger partial charge < -0.3 is 9.88 Å². The lowest BCUT2D eigenvalue weighted by atomic mass is 10.1. The highest BCUT2D eigenvalue weighted by atomic mass is 35.5. The van der Waals surface area contributed by atoms with E-state index in [0.29, 0.717) is 22.9 Å². The number of halogens is 1. The van der Waals surface area contributed by atoms with Gasteiger partial charge in [0.2, 0.25) is 0 Å². The van der Waals surface area contributed by atoms with Crippen LogP contribution in [0.15, 0.2) is 59.4 Å². The molecule has 2 aromatic carbocycles. The molecule has 0 unspecified atom stereocenters. The maximum Gasteiger partial charge on any atom is 0.261 e. The predicted octanol–water partition coefficient (Wildman–Crippen LogP) is 4.73. The van der Waals surface area contributed by atoms with Crippen molar-refractivity contribution >= 4 is 23.2 Å². The fourth-order valence-electron chi connectivity index (χ4n) is 3.13. The second-order valence-electron chi connectivity index (χ2n) is 6.65. The summed E-state index contributed by atoms with van der Waals surface area (Å²) in [5.74, 6) is -0.395. The number of benzene rings is 2. The number of aromatic nitrogens is 1. The fourth-order valence-corrected chi connectivity index (χ4v) is 3.25. The third-order valence-corrected chi connectivity index (χ3v) is 4.79. The molecule has 27 heavy (non-hydrogen) atoms. The Morgan fingerprint density at radius 2 is 1.74 bits per heavy atom. The van der Waals surface area contributed by atoms with Crippen LogP contribution in [0.3, 0.4) is 0 Å². The van der Waals surface area contributed by atoms with Gasteiger partial charge in [-0.05, 0) is 56.2 Å². The van der Waals surface area contributed by atoms with Crippen molar-refractivity contribution in [2.45, 2.75) is 27.3 Å². The minimum Gasteiger partial charge on any atom is -0.344 e. The number of anilines is 1. The van der Waals surface area contributed by atoms with Crippen LogP contribution in [0.25, 0.3) is 0 Å². The molecule has 0 saturated carbocycles. The molecular formula is C22H21ClN2O2. The van der Waals surface area contributed by atoms with Gasteiger partial charge in [0.15, 0.2) is 5.43 Å². The molecule has 3 rings (SSSR count). The van der Waals surface area contributed by atoms with Crippen LogP contribution in [0.4, 0.5) is 5.69 Å². The summed E-state index contributed by atoms with van der Waals surface area (Å²) in [5, 5.41) is 3.50. The molecule has 1 heterocycles. The first-order valence-electron chi connectivity index (χ1n) is 8.68. The van der Waals surface area contributed by atoms with Crippen molar-refractivity contribution in [2.75, 3.05) is 5.32 Å². The summed E-state index contributed by atoms with van der Waals surface area (Å²) >= 11 is 5.95. The Labute approximate surface area is 163 Å². The molecule has 0 atom stereocenters. The van der Waals surface area contributed by atoms with Crippen molar-refractivity contribution in [3.05, 3.63) is 97.9 Å². The highest BCUT2D eigenvalue weighted by Gasteiger charge is 2.18. The van der Waals surface area contributed by atoms with Gasteiger partial charge in [-0.15, -0.1) is 0 Å². The number of carbonyl (C=O) groups excluding carboxylic acids is 1. The smallest absolute Gasteiger partial charge is 0.261 e. The summed E-state index contributed by atoms with van der Waals surface area (Å²) in [7, 11) is 0. The standard InChI is InChI=1S/C22H21ClN2O2/c1-14-5-4-6-19(11-14)24-22(27)21-16(3)25(15(2)12-20(21)26)13-17-7-9-18(23)10-8-17/h4-12H,13H2,1-3H3,(H,24,27). The topological polar surface area (TPSA) is 51.1 Å². The monoisotopic (exact) mass is 380 g/mol. The normalized spacial score (nSPS) is 10.7. The average molecular weight is 381 g/mol. The Hall–Kier alpha value is -2.85. The number of aryl methyl sites for hydroxylation is 2. The molecule has 0 aliphatic heterocycles. The highest BCUT2D eigenvalue weighted by Crippen LogP contribution is 2.16. The van der Waals surface area contributed by atoms with E-state index in [9.17, 15) is 9.59 Å². The van der Waals surface area contributed by atoms with Gasteiger partial charge in [-0.2, -0.15) is 0 Å². The molecule has 138 valence electrons. The Balaban J connectivity index is 1.96. The maximum absolute atomic E-state index is 12.8. The van der Waals surface area contributed by atoms with Crippen LogP contribution in [-0.2, 0) is 6.54 Å². The first-order valence-corrected chi connectivity index (χ1v) is 9.06. The van der Waals surface area contributed by atoms with Crippen LogP contribution in [0.5, 0.6) is 0 Å². The quantitative estimate of drug-likeness (QED) is 0.711. The lowest BCUT2D eigenvalue weighted by Crippen LogP contribution is -2.27. The van der Waals surface area contributed by atoms with Crippen LogP contribution in [0.1, 0.15) is 32.9 Å². The average Bonchev–Trinajstić information content (AvgIpc) is 2.60. The van der Waals surface area contributed by atoms with E-state index in [1.807, 2.05) is 60.9 Å². The number of hydrogen-bond acceptors (Lipinski definition) is 2. The summed E-state index contributed by atoms with van der Waals surface area (Å²) in [6.45, 7) is 6.17. The number of nitrogens with one attached hydrogen (secondary N) is 1. The number of pyridine rings is 1. The Morgan fingerprint density at radius 3 is 2.41 bits per heavy atom. The molecule has 1 N–H and O–H groups in total. The minimum atomic E-state index is -0.395. The van der Waals surface area contributed by atoms with Crippen molar-refractivity contribution in [1.29, 1.82) is 0 Å². The van der Waals surface area contributed by atoms with E-state index in [0.717, 1.165) is 16.8 Å². The van der Waals surface area contributed by atoms with Crippen molar-refractivity contribution < 1.29 is 4.79 Å². The first-order chi connectivity index (χ1) is 12.8. The van der Waals surface area contributed by atoms with Gasteiger partial charge in [-0.3, -0.25) is 9.59 Å². The number of carbonyl (C=O) groups is 1. The van der Waals surface area contributed by atoms with Crippen molar-refractivity contribution in [1.82, 2.24) is 4.57 Å².